The van der Waals surface area contributed by atoms with E-state index in [4.69, 9.17) is 51.1 Å². The van der Waals surface area contributed by atoms with E-state index in [2.05, 4.69) is 10.1 Å². The van der Waals surface area contributed by atoms with Crippen molar-refractivity contribution >= 4 is 75.6 Å². The van der Waals surface area contributed by atoms with Gasteiger partial charge in [0.25, 0.3) is 11.6 Å². The number of nitro groups is 1. The van der Waals surface area contributed by atoms with Crippen molar-refractivity contribution in [2.45, 2.75) is 0 Å². The first-order valence-corrected chi connectivity index (χ1v) is 9.24. The molecule has 0 heterocycles. The molecule has 158 valence electrons. The summed E-state index contributed by atoms with van der Waals surface area (Å²) in [5.74, 6) is -2.84. The Hall–Kier alpha value is -2.59. The van der Waals surface area contributed by atoms with Crippen LogP contribution in [0.15, 0.2) is 24.3 Å². The van der Waals surface area contributed by atoms with Crippen LogP contribution >= 0.6 is 46.4 Å². The van der Waals surface area contributed by atoms with Crippen LogP contribution in [0.5, 0.6) is 0 Å². The number of nitro benzene ring substituents is 1. The van der Waals surface area contributed by atoms with Crippen LogP contribution in [0.1, 0.15) is 20.7 Å². The zero-order chi connectivity index (χ0) is 22.6. The fourth-order valence-corrected chi connectivity index (χ4v) is 3.05. The minimum Gasteiger partial charge on any atom is -0.465 e. The van der Waals surface area contributed by atoms with Gasteiger partial charge in [0.05, 0.1) is 48.9 Å². The van der Waals surface area contributed by atoms with Gasteiger partial charge in [-0.1, -0.05) is 46.4 Å². The van der Waals surface area contributed by atoms with E-state index >= 15 is 0 Å². The quantitative estimate of drug-likeness (QED) is 0.264. The highest BCUT2D eigenvalue weighted by atomic mass is 35.5. The Morgan fingerprint density at radius 2 is 1.50 bits per heavy atom. The predicted octanol–water partition coefficient (Wildman–Crippen LogP) is 4.79. The maximum Gasteiger partial charge on any atom is 0.338 e. The summed E-state index contributed by atoms with van der Waals surface area (Å²) in [6, 6.07) is 4.13. The highest BCUT2D eigenvalue weighted by Gasteiger charge is 2.21. The molecular formula is C17H10Cl4N2O7. The van der Waals surface area contributed by atoms with Crippen LogP contribution in [-0.4, -0.2) is 36.5 Å². The molecule has 1 amide bonds. The number of carbonyl (C=O) groups excluding carboxylic acids is 3. The molecule has 0 aromatic heterocycles. The minimum absolute atomic E-state index is 0.0327. The van der Waals surface area contributed by atoms with Crippen molar-refractivity contribution < 1.29 is 28.8 Å². The van der Waals surface area contributed by atoms with Crippen LogP contribution < -0.4 is 5.32 Å². The number of hydrogen-bond donors (Lipinski definition) is 1. The largest absolute Gasteiger partial charge is 0.465 e. The molecule has 0 saturated heterocycles. The Morgan fingerprint density at radius 3 is 2.00 bits per heavy atom. The van der Waals surface area contributed by atoms with Crippen molar-refractivity contribution in [3.05, 3.63) is 65.6 Å². The molecule has 13 heteroatoms. The summed E-state index contributed by atoms with van der Waals surface area (Å²) < 4.78 is 9.32. The van der Waals surface area contributed by atoms with Crippen molar-refractivity contribution in [2.75, 3.05) is 19.0 Å². The van der Waals surface area contributed by atoms with Crippen LogP contribution in [0.4, 0.5) is 11.4 Å². The molecule has 0 unspecified atom stereocenters. The molecule has 0 saturated carbocycles. The molecule has 2 aromatic carbocycles. The van der Waals surface area contributed by atoms with Gasteiger partial charge in [-0.2, -0.15) is 0 Å². The number of hydrogen-bond acceptors (Lipinski definition) is 7. The smallest absolute Gasteiger partial charge is 0.338 e. The van der Waals surface area contributed by atoms with Crippen molar-refractivity contribution in [1.82, 2.24) is 0 Å². The Balaban J connectivity index is 2.16. The molecular weight excluding hydrogens is 486 g/mol. The third-order valence-electron chi connectivity index (χ3n) is 3.50. The van der Waals surface area contributed by atoms with Crippen LogP contribution in [0.3, 0.4) is 0 Å². The summed E-state index contributed by atoms with van der Waals surface area (Å²) in [6.45, 7) is -0.800. The number of esters is 2. The summed E-state index contributed by atoms with van der Waals surface area (Å²) in [5.41, 5.74) is -1.20. The third-order valence-corrected chi connectivity index (χ3v) is 5.07. The molecule has 2 aromatic rings. The van der Waals surface area contributed by atoms with Gasteiger partial charge in [-0.3, -0.25) is 14.9 Å². The van der Waals surface area contributed by atoms with Crippen molar-refractivity contribution in [3.63, 3.8) is 0 Å². The van der Waals surface area contributed by atoms with E-state index in [0.29, 0.717) is 0 Å². The zero-order valence-electron chi connectivity index (χ0n) is 14.8. The number of carbonyl (C=O) groups is 3. The number of ether oxygens (including phenoxy) is 2. The Labute approximate surface area is 188 Å². The number of amides is 1. The van der Waals surface area contributed by atoms with Crippen molar-refractivity contribution in [2.24, 2.45) is 0 Å². The van der Waals surface area contributed by atoms with E-state index in [9.17, 15) is 24.5 Å². The zero-order valence-corrected chi connectivity index (χ0v) is 17.9. The average molecular weight is 496 g/mol. The minimum atomic E-state index is -1.10. The van der Waals surface area contributed by atoms with Gasteiger partial charge in [-0.05, 0) is 12.1 Å². The van der Waals surface area contributed by atoms with Gasteiger partial charge in [0.15, 0.2) is 6.61 Å². The standard InChI is InChI=1S/C17H10Cl4N2O7/c1-29-16(25)7-2-8(4-9(3-7)23(27)28)17(26)30-6-12(24)22-15-13(20)10(18)5-11(19)14(15)21/h2-5H,6H2,1H3,(H,22,24). The molecule has 9 nitrogen and oxygen atoms in total. The number of non-ortho nitro benzene ring substituents is 1. The van der Waals surface area contributed by atoms with Gasteiger partial charge in [-0.25, -0.2) is 9.59 Å². The maximum atomic E-state index is 12.2. The second kappa shape index (κ2) is 9.94. The van der Waals surface area contributed by atoms with Crippen molar-refractivity contribution in [1.29, 1.82) is 0 Å². The summed E-state index contributed by atoms with van der Waals surface area (Å²) in [5, 5.41) is 13.2. The predicted molar refractivity (Wildman–Crippen MR) is 110 cm³/mol. The van der Waals surface area contributed by atoms with Gasteiger partial charge < -0.3 is 14.8 Å². The van der Waals surface area contributed by atoms with E-state index < -0.39 is 35.1 Å². The lowest BCUT2D eigenvalue weighted by Crippen LogP contribution is -2.21. The van der Waals surface area contributed by atoms with Gasteiger partial charge in [0.2, 0.25) is 0 Å². The van der Waals surface area contributed by atoms with E-state index in [1.54, 1.807) is 0 Å². The first-order valence-electron chi connectivity index (χ1n) is 7.73. The monoisotopic (exact) mass is 494 g/mol. The number of nitrogens with one attached hydrogen (secondary N) is 1. The van der Waals surface area contributed by atoms with E-state index in [0.717, 1.165) is 25.3 Å². The molecule has 1 N–H and O–H groups in total. The van der Waals surface area contributed by atoms with Crippen LogP contribution in [0, 0.1) is 10.1 Å². The fraction of sp³-hybridized carbons (Fsp3) is 0.118. The number of benzene rings is 2. The Kier molecular flexibility index (Phi) is 7.85. The number of halogens is 4. The first kappa shape index (κ1) is 23.7. The molecule has 0 fully saturated rings. The van der Waals surface area contributed by atoms with E-state index in [1.807, 2.05) is 0 Å². The summed E-state index contributed by atoms with van der Waals surface area (Å²) in [4.78, 5) is 46.2. The molecule has 0 radical (unpaired) electrons. The maximum absolute atomic E-state index is 12.2. The number of nitrogens with zero attached hydrogens (tertiary/aromatic N) is 1. The molecule has 0 bridgehead atoms. The first-order chi connectivity index (χ1) is 14.0. The molecule has 0 aliphatic rings. The Bertz CT molecular complexity index is 1030. The van der Waals surface area contributed by atoms with Gasteiger partial charge in [-0.15, -0.1) is 0 Å². The normalized spacial score (nSPS) is 10.3. The van der Waals surface area contributed by atoms with Crippen LogP contribution in [0.25, 0.3) is 0 Å². The number of methoxy groups -OCH3 is 1. The van der Waals surface area contributed by atoms with E-state index in [1.165, 1.54) is 6.07 Å². The molecule has 0 aliphatic heterocycles. The highest BCUT2D eigenvalue weighted by Crippen LogP contribution is 2.40. The summed E-state index contributed by atoms with van der Waals surface area (Å²) in [6.07, 6.45) is 0. The topological polar surface area (TPSA) is 125 Å². The van der Waals surface area contributed by atoms with Crippen LogP contribution in [0.2, 0.25) is 20.1 Å². The van der Waals surface area contributed by atoms with Crippen LogP contribution in [-0.2, 0) is 14.3 Å². The lowest BCUT2D eigenvalue weighted by atomic mass is 10.1. The molecule has 30 heavy (non-hydrogen) atoms. The third kappa shape index (κ3) is 5.51. The second-order valence-electron chi connectivity index (χ2n) is 5.48. The highest BCUT2D eigenvalue weighted by molar-refractivity contribution is 6.50. The fourth-order valence-electron chi connectivity index (χ4n) is 2.14. The average Bonchev–Trinajstić information content (AvgIpc) is 2.72. The Morgan fingerprint density at radius 1 is 0.967 bits per heavy atom. The summed E-state index contributed by atoms with van der Waals surface area (Å²) in [7, 11) is 1.07. The SMILES string of the molecule is COC(=O)c1cc(C(=O)OCC(=O)Nc2c(Cl)c(Cl)cc(Cl)c2Cl)cc([N+](=O)[O-])c1. The van der Waals surface area contributed by atoms with Crippen molar-refractivity contribution in [3.8, 4) is 0 Å². The van der Waals surface area contributed by atoms with Gasteiger partial charge >= 0.3 is 11.9 Å². The second-order valence-corrected chi connectivity index (χ2v) is 7.06. The van der Waals surface area contributed by atoms with Gasteiger partial charge in [0.1, 0.15) is 0 Å². The lowest BCUT2D eigenvalue weighted by molar-refractivity contribution is -0.384. The van der Waals surface area contributed by atoms with Gasteiger partial charge in [0, 0.05) is 12.1 Å². The number of anilines is 1. The molecule has 0 spiro atoms. The van der Waals surface area contributed by atoms with E-state index in [-0.39, 0.29) is 36.9 Å². The number of rotatable bonds is 6. The lowest BCUT2D eigenvalue weighted by Gasteiger charge is -2.12. The molecule has 0 atom stereocenters. The molecule has 2 rings (SSSR count). The summed E-state index contributed by atoms with van der Waals surface area (Å²) >= 11 is 23.7. The molecule has 0 aliphatic carbocycles.